The summed E-state index contributed by atoms with van der Waals surface area (Å²) in [5.41, 5.74) is 1.21. The molecular formula is C15H17N3S2. The van der Waals surface area contributed by atoms with Crippen molar-refractivity contribution in [3.63, 3.8) is 0 Å². The quantitative estimate of drug-likeness (QED) is 0.755. The van der Waals surface area contributed by atoms with Gasteiger partial charge in [-0.05, 0) is 19.0 Å². The standard InChI is InChI=1S/C15H17N3S2/c1-3-12(16-4-2)15-18-17-14(20-15)11-9-19-13-8-6-5-7-10(11)13/h5-9,12,16H,3-4H2,1-2H3. The Morgan fingerprint density at radius 3 is 2.85 bits per heavy atom. The maximum absolute atomic E-state index is 4.40. The van der Waals surface area contributed by atoms with E-state index in [4.69, 9.17) is 0 Å². The number of fused-ring (bicyclic) bond motifs is 1. The highest BCUT2D eigenvalue weighted by Crippen LogP contribution is 2.36. The lowest BCUT2D eigenvalue weighted by molar-refractivity contribution is 0.531. The monoisotopic (exact) mass is 303 g/mol. The SMILES string of the molecule is CCNC(CC)c1nnc(-c2csc3ccccc23)s1. The molecule has 0 saturated heterocycles. The van der Waals surface area contributed by atoms with Crippen molar-refractivity contribution in [2.24, 2.45) is 0 Å². The van der Waals surface area contributed by atoms with E-state index in [9.17, 15) is 0 Å². The first-order valence-electron chi connectivity index (χ1n) is 6.86. The number of nitrogens with zero attached hydrogens (tertiary/aromatic N) is 2. The van der Waals surface area contributed by atoms with E-state index in [0.29, 0.717) is 6.04 Å². The van der Waals surface area contributed by atoms with Gasteiger partial charge in [0.2, 0.25) is 0 Å². The molecule has 1 aromatic carbocycles. The van der Waals surface area contributed by atoms with Crippen molar-refractivity contribution in [3.8, 4) is 10.6 Å². The van der Waals surface area contributed by atoms with Gasteiger partial charge in [0.25, 0.3) is 0 Å². The van der Waals surface area contributed by atoms with Crippen molar-refractivity contribution in [2.75, 3.05) is 6.54 Å². The summed E-state index contributed by atoms with van der Waals surface area (Å²) in [5.74, 6) is 0. The molecule has 0 bridgehead atoms. The second-order valence-corrected chi connectivity index (χ2v) is 6.53. The highest BCUT2D eigenvalue weighted by molar-refractivity contribution is 7.19. The zero-order valence-corrected chi connectivity index (χ0v) is 13.2. The van der Waals surface area contributed by atoms with E-state index in [-0.39, 0.29) is 0 Å². The van der Waals surface area contributed by atoms with Crippen LogP contribution in [0.3, 0.4) is 0 Å². The summed E-state index contributed by atoms with van der Waals surface area (Å²) in [6.45, 7) is 5.25. The minimum absolute atomic E-state index is 0.316. The van der Waals surface area contributed by atoms with Gasteiger partial charge >= 0.3 is 0 Å². The molecular weight excluding hydrogens is 286 g/mol. The Morgan fingerprint density at radius 1 is 1.20 bits per heavy atom. The molecule has 0 spiro atoms. The Labute approximate surface area is 126 Å². The van der Waals surface area contributed by atoms with Crippen LogP contribution in [0.2, 0.25) is 0 Å². The largest absolute Gasteiger partial charge is 0.308 e. The number of hydrogen-bond acceptors (Lipinski definition) is 5. The smallest absolute Gasteiger partial charge is 0.149 e. The van der Waals surface area contributed by atoms with Gasteiger partial charge in [-0.2, -0.15) is 0 Å². The predicted molar refractivity (Wildman–Crippen MR) is 87.4 cm³/mol. The number of nitrogens with one attached hydrogen (secondary N) is 1. The zero-order valence-electron chi connectivity index (χ0n) is 11.6. The van der Waals surface area contributed by atoms with E-state index >= 15 is 0 Å². The van der Waals surface area contributed by atoms with Gasteiger partial charge in [-0.25, -0.2) is 0 Å². The molecule has 5 heteroatoms. The summed E-state index contributed by atoms with van der Waals surface area (Å²) in [5, 5.41) is 17.8. The number of hydrogen-bond donors (Lipinski definition) is 1. The molecule has 0 saturated carbocycles. The number of rotatable bonds is 5. The number of thiophene rings is 1. The van der Waals surface area contributed by atoms with Crippen LogP contribution in [0.1, 0.15) is 31.3 Å². The summed E-state index contributed by atoms with van der Waals surface area (Å²) in [7, 11) is 0. The van der Waals surface area contributed by atoms with Gasteiger partial charge in [0.15, 0.2) is 0 Å². The highest BCUT2D eigenvalue weighted by Gasteiger charge is 2.16. The van der Waals surface area contributed by atoms with Crippen molar-refractivity contribution in [1.29, 1.82) is 0 Å². The molecule has 20 heavy (non-hydrogen) atoms. The van der Waals surface area contributed by atoms with Crippen LogP contribution >= 0.6 is 22.7 Å². The summed E-state index contributed by atoms with van der Waals surface area (Å²) in [6.07, 6.45) is 1.03. The minimum Gasteiger partial charge on any atom is -0.308 e. The Bertz CT molecular complexity index is 702. The van der Waals surface area contributed by atoms with Gasteiger partial charge in [-0.15, -0.1) is 21.5 Å². The van der Waals surface area contributed by atoms with Gasteiger partial charge < -0.3 is 5.32 Å². The van der Waals surface area contributed by atoms with E-state index < -0.39 is 0 Å². The van der Waals surface area contributed by atoms with E-state index in [1.807, 2.05) is 0 Å². The molecule has 3 nitrogen and oxygen atoms in total. The number of benzene rings is 1. The van der Waals surface area contributed by atoms with Gasteiger partial charge in [0.05, 0.1) is 6.04 Å². The molecule has 1 N–H and O–H groups in total. The fourth-order valence-electron chi connectivity index (χ4n) is 2.28. The molecule has 0 aliphatic heterocycles. The average Bonchev–Trinajstić information content (AvgIpc) is 3.11. The van der Waals surface area contributed by atoms with Crippen LogP contribution in [0, 0.1) is 0 Å². The lowest BCUT2D eigenvalue weighted by atomic mass is 10.2. The molecule has 0 amide bonds. The first-order chi connectivity index (χ1) is 9.83. The third-order valence-corrected chi connectivity index (χ3v) is 5.34. The summed E-state index contributed by atoms with van der Waals surface area (Å²) >= 11 is 3.47. The molecule has 0 aliphatic rings. The lowest BCUT2D eigenvalue weighted by Crippen LogP contribution is -2.19. The molecule has 3 rings (SSSR count). The molecule has 104 valence electrons. The molecule has 1 atom stereocenters. The number of aromatic nitrogens is 2. The Hall–Kier alpha value is -1.30. The molecule has 1 unspecified atom stereocenters. The van der Waals surface area contributed by atoms with E-state index in [1.165, 1.54) is 15.6 Å². The van der Waals surface area contributed by atoms with Gasteiger partial charge in [-0.3, -0.25) is 0 Å². The maximum Gasteiger partial charge on any atom is 0.149 e. The van der Waals surface area contributed by atoms with E-state index in [0.717, 1.165) is 23.0 Å². The van der Waals surface area contributed by atoms with Crippen LogP contribution in [-0.2, 0) is 0 Å². The van der Waals surface area contributed by atoms with Crippen molar-refractivity contribution in [1.82, 2.24) is 15.5 Å². The summed E-state index contributed by atoms with van der Waals surface area (Å²) < 4.78 is 1.30. The predicted octanol–water partition coefficient (Wildman–Crippen LogP) is 4.48. The third-order valence-electron chi connectivity index (χ3n) is 3.31. The Balaban J connectivity index is 1.97. The van der Waals surface area contributed by atoms with Crippen LogP contribution < -0.4 is 5.32 Å². The van der Waals surface area contributed by atoms with E-state index in [1.54, 1.807) is 22.7 Å². The second kappa shape index (κ2) is 5.99. The van der Waals surface area contributed by atoms with Crippen LogP contribution in [0.15, 0.2) is 29.6 Å². The molecule has 3 aromatic rings. The highest BCUT2D eigenvalue weighted by atomic mass is 32.1. The van der Waals surface area contributed by atoms with Crippen molar-refractivity contribution in [2.45, 2.75) is 26.3 Å². The third kappa shape index (κ3) is 2.49. The van der Waals surface area contributed by atoms with Crippen molar-refractivity contribution in [3.05, 3.63) is 34.7 Å². The lowest BCUT2D eigenvalue weighted by Gasteiger charge is -2.10. The molecule has 2 aromatic heterocycles. The fourth-order valence-corrected chi connectivity index (χ4v) is 4.33. The van der Waals surface area contributed by atoms with Crippen molar-refractivity contribution < 1.29 is 0 Å². The average molecular weight is 303 g/mol. The first-order valence-corrected chi connectivity index (χ1v) is 8.56. The molecule has 0 aliphatic carbocycles. The van der Waals surface area contributed by atoms with Crippen LogP contribution in [0.25, 0.3) is 20.7 Å². The normalized spacial score (nSPS) is 12.9. The maximum atomic E-state index is 4.40. The van der Waals surface area contributed by atoms with Gasteiger partial charge in [-0.1, -0.05) is 43.4 Å². The molecule has 0 fully saturated rings. The molecule has 2 heterocycles. The van der Waals surface area contributed by atoms with Gasteiger partial charge in [0, 0.05) is 21.0 Å². The summed E-state index contributed by atoms with van der Waals surface area (Å²) in [4.78, 5) is 0. The Kier molecular flexibility index (Phi) is 4.10. The summed E-state index contributed by atoms with van der Waals surface area (Å²) in [6, 6.07) is 8.78. The van der Waals surface area contributed by atoms with Gasteiger partial charge in [0.1, 0.15) is 10.0 Å². The minimum atomic E-state index is 0.316. The Morgan fingerprint density at radius 2 is 2.05 bits per heavy atom. The fraction of sp³-hybridized carbons (Fsp3) is 0.333. The second-order valence-electron chi connectivity index (χ2n) is 4.61. The van der Waals surface area contributed by atoms with Crippen LogP contribution in [0.5, 0.6) is 0 Å². The van der Waals surface area contributed by atoms with Crippen LogP contribution in [-0.4, -0.2) is 16.7 Å². The van der Waals surface area contributed by atoms with Crippen LogP contribution in [0.4, 0.5) is 0 Å². The van der Waals surface area contributed by atoms with Crippen molar-refractivity contribution >= 4 is 32.8 Å². The zero-order chi connectivity index (χ0) is 13.9. The van der Waals surface area contributed by atoms with E-state index in [2.05, 4.69) is 59.0 Å². The first kappa shape index (κ1) is 13.7. The molecule has 0 radical (unpaired) electrons. The topological polar surface area (TPSA) is 37.8 Å².